The highest BCUT2D eigenvalue weighted by Crippen LogP contribution is 2.22. The molecule has 0 aliphatic rings. The van der Waals surface area contributed by atoms with Gasteiger partial charge in [0.1, 0.15) is 0 Å². The third-order valence-electron chi connectivity index (χ3n) is 2.13. The van der Waals surface area contributed by atoms with E-state index in [1.807, 2.05) is 6.92 Å². The molecule has 0 bridgehead atoms. The molecule has 16 heavy (non-hydrogen) atoms. The highest BCUT2D eigenvalue weighted by atomic mass is 28.4. The van der Waals surface area contributed by atoms with Crippen LogP contribution < -0.4 is 0 Å². The van der Waals surface area contributed by atoms with E-state index >= 15 is 0 Å². The summed E-state index contributed by atoms with van der Waals surface area (Å²) in [5, 5.41) is 0. The van der Waals surface area contributed by atoms with E-state index < -0.39 is 16.9 Å². The Hall–Kier alpha value is 0.0938. The predicted octanol–water partition coefficient (Wildman–Crippen LogP) is 4.30. The summed E-state index contributed by atoms with van der Waals surface area (Å²) >= 11 is 0. The predicted molar refractivity (Wildman–Crippen MR) is 76.5 cm³/mol. The van der Waals surface area contributed by atoms with E-state index in [4.69, 9.17) is 8.54 Å². The minimum absolute atomic E-state index is 0.650. The fourth-order valence-corrected chi connectivity index (χ4v) is 9.09. The lowest BCUT2D eigenvalue weighted by Gasteiger charge is -2.34. The average molecular weight is 261 g/mol. The monoisotopic (exact) mass is 260 g/mol. The Labute approximate surface area is 103 Å². The highest BCUT2D eigenvalue weighted by Gasteiger charge is 2.35. The zero-order chi connectivity index (χ0) is 12.8. The summed E-state index contributed by atoms with van der Waals surface area (Å²) in [5.41, 5.74) is 1.08. The molecule has 0 spiro atoms. The van der Waals surface area contributed by atoms with Crippen molar-refractivity contribution in [2.24, 2.45) is 0 Å². The van der Waals surface area contributed by atoms with Gasteiger partial charge in [-0.05, 0) is 39.2 Å². The second-order valence-corrected chi connectivity index (χ2v) is 13.8. The van der Waals surface area contributed by atoms with Gasteiger partial charge < -0.3 is 8.54 Å². The van der Waals surface area contributed by atoms with Crippen LogP contribution in [0, 0.1) is 0 Å². The Morgan fingerprint density at radius 3 is 2.12 bits per heavy atom. The summed E-state index contributed by atoms with van der Waals surface area (Å²) in [6.45, 7) is 17.6. The van der Waals surface area contributed by atoms with Crippen LogP contribution in [0.2, 0.25) is 32.2 Å². The fraction of sp³-hybridized carbons (Fsp3) is 0.833. The van der Waals surface area contributed by atoms with Crippen LogP contribution >= 0.6 is 0 Å². The summed E-state index contributed by atoms with van der Waals surface area (Å²) in [5.74, 6) is 0. The molecule has 2 nitrogen and oxygen atoms in total. The summed E-state index contributed by atoms with van der Waals surface area (Å²) in [4.78, 5) is 0. The Kier molecular flexibility index (Phi) is 6.78. The highest BCUT2D eigenvalue weighted by molar-refractivity contribution is 6.81. The molecule has 0 radical (unpaired) electrons. The average Bonchev–Trinajstić information content (AvgIpc) is 2.09. The molecule has 0 N–H and O–H groups in total. The van der Waals surface area contributed by atoms with Gasteiger partial charge in [-0.15, -0.1) is 0 Å². The summed E-state index contributed by atoms with van der Waals surface area (Å²) < 4.78 is 12.3. The number of rotatable bonds is 8. The Balaban J connectivity index is 4.41. The Morgan fingerprint density at radius 1 is 1.19 bits per heavy atom. The molecule has 0 aromatic carbocycles. The molecule has 0 aliphatic carbocycles. The standard InChI is InChI=1S/C12H28O2Si2/c1-8-9-10-16(7,13-11-12(2)3)14-15(4,5)6/h2,8-11H2,1,3-7H3. The van der Waals surface area contributed by atoms with Crippen molar-refractivity contribution in [2.75, 3.05) is 6.61 Å². The molecule has 96 valence electrons. The van der Waals surface area contributed by atoms with Crippen molar-refractivity contribution < 1.29 is 8.54 Å². The maximum Gasteiger partial charge on any atom is 0.324 e. The molecule has 0 saturated heterocycles. The molecule has 0 aromatic heterocycles. The van der Waals surface area contributed by atoms with Crippen LogP contribution in [0.25, 0.3) is 0 Å². The zero-order valence-electron chi connectivity index (χ0n) is 11.9. The third kappa shape index (κ3) is 8.27. The van der Waals surface area contributed by atoms with Gasteiger partial charge in [0, 0.05) is 0 Å². The van der Waals surface area contributed by atoms with E-state index in [1.54, 1.807) is 0 Å². The lowest BCUT2D eigenvalue weighted by atomic mass is 10.4. The van der Waals surface area contributed by atoms with Gasteiger partial charge in [-0.25, -0.2) is 0 Å². The van der Waals surface area contributed by atoms with Crippen LogP contribution in [0.5, 0.6) is 0 Å². The van der Waals surface area contributed by atoms with Gasteiger partial charge in [0.15, 0.2) is 8.32 Å². The van der Waals surface area contributed by atoms with E-state index in [-0.39, 0.29) is 0 Å². The SMILES string of the molecule is C=C(C)CO[Si](C)(CCCC)O[Si](C)(C)C. The van der Waals surface area contributed by atoms with Crippen LogP contribution in [0.4, 0.5) is 0 Å². The molecule has 0 amide bonds. The number of hydrogen-bond acceptors (Lipinski definition) is 2. The van der Waals surface area contributed by atoms with Crippen molar-refractivity contribution >= 4 is 16.9 Å². The minimum atomic E-state index is -1.97. The number of unbranched alkanes of at least 4 members (excludes halogenated alkanes) is 1. The van der Waals surface area contributed by atoms with E-state index in [9.17, 15) is 0 Å². The first-order chi connectivity index (χ1) is 7.18. The maximum absolute atomic E-state index is 6.29. The van der Waals surface area contributed by atoms with Gasteiger partial charge in [-0.2, -0.15) is 0 Å². The summed E-state index contributed by atoms with van der Waals surface area (Å²) in [6.07, 6.45) is 2.40. The fourth-order valence-electron chi connectivity index (χ4n) is 1.57. The van der Waals surface area contributed by atoms with Crippen LogP contribution in [0.3, 0.4) is 0 Å². The normalized spacial score (nSPS) is 15.9. The molecular formula is C12H28O2Si2. The molecule has 1 unspecified atom stereocenters. The van der Waals surface area contributed by atoms with Gasteiger partial charge in [0.05, 0.1) is 6.61 Å². The van der Waals surface area contributed by atoms with Crippen molar-refractivity contribution in [3.63, 3.8) is 0 Å². The van der Waals surface area contributed by atoms with Crippen molar-refractivity contribution in [2.45, 2.75) is 58.9 Å². The smallest absolute Gasteiger partial charge is 0.324 e. The lowest BCUT2D eigenvalue weighted by Crippen LogP contribution is -2.47. The van der Waals surface area contributed by atoms with Crippen molar-refractivity contribution in [1.82, 2.24) is 0 Å². The maximum atomic E-state index is 6.29. The first-order valence-corrected chi connectivity index (χ1v) is 12.1. The Bertz CT molecular complexity index is 224. The molecule has 0 fully saturated rings. The van der Waals surface area contributed by atoms with Crippen LogP contribution in [0.1, 0.15) is 26.7 Å². The second-order valence-electron chi connectivity index (χ2n) is 5.70. The van der Waals surface area contributed by atoms with E-state index in [0.717, 1.165) is 11.6 Å². The van der Waals surface area contributed by atoms with Gasteiger partial charge >= 0.3 is 8.56 Å². The van der Waals surface area contributed by atoms with E-state index in [0.29, 0.717) is 6.61 Å². The quantitative estimate of drug-likeness (QED) is 0.478. The third-order valence-corrected chi connectivity index (χ3v) is 8.32. The summed E-state index contributed by atoms with van der Waals surface area (Å²) in [6, 6.07) is 1.10. The van der Waals surface area contributed by atoms with Crippen LogP contribution in [0.15, 0.2) is 12.2 Å². The van der Waals surface area contributed by atoms with E-state index in [2.05, 4.69) is 39.7 Å². The Morgan fingerprint density at radius 2 is 1.75 bits per heavy atom. The topological polar surface area (TPSA) is 18.5 Å². The summed E-state index contributed by atoms with van der Waals surface area (Å²) in [7, 11) is -3.48. The van der Waals surface area contributed by atoms with Crippen LogP contribution in [-0.2, 0) is 8.54 Å². The van der Waals surface area contributed by atoms with Gasteiger partial charge in [0.2, 0.25) is 0 Å². The molecule has 0 aromatic rings. The first kappa shape index (κ1) is 16.1. The van der Waals surface area contributed by atoms with Crippen LogP contribution in [-0.4, -0.2) is 23.5 Å². The largest absolute Gasteiger partial charge is 0.436 e. The molecule has 0 rings (SSSR count). The molecule has 4 heteroatoms. The van der Waals surface area contributed by atoms with Gasteiger partial charge in [-0.3, -0.25) is 0 Å². The molecule has 1 atom stereocenters. The van der Waals surface area contributed by atoms with E-state index in [1.165, 1.54) is 12.8 Å². The second kappa shape index (κ2) is 6.74. The number of hydrogen-bond donors (Lipinski definition) is 0. The minimum Gasteiger partial charge on any atom is -0.436 e. The molecular weight excluding hydrogens is 232 g/mol. The van der Waals surface area contributed by atoms with Gasteiger partial charge in [0.25, 0.3) is 0 Å². The van der Waals surface area contributed by atoms with Crippen molar-refractivity contribution in [3.8, 4) is 0 Å². The van der Waals surface area contributed by atoms with Crippen molar-refractivity contribution in [3.05, 3.63) is 12.2 Å². The first-order valence-electron chi connectivity index (χ1n) is 6.17. The van der Waals surface area contributed by atoms with Crippen molar-refractivity contribution in [1.29, 1.82) is 0 Å². The lowest BCUT2D eigenvalue weighted by molar-refractivity contribution is 0.262. The molecule has 0 aliphatic heterocycles. The molecule has 0 saturated carbocycles. The van der Waals surface area contributed by atoms with Gasteiger partial charge in [-0.1, -0.05) is 31.9 Å². The molecule has 0 heterocycles. The zero-order valence-corrected chi connectivity index (χ0v) is 13.9.